The van der Waals surface area contributed by atoms with Crippen molar-refractivity contribution >= 4 is 0 Å². The zero-order chi connectivity index (χ0) is 10.6. The summed E-state index contributed by atoms with van der Waals surface area (Å²) < 4.78 is 10.8. The van der Waals surface area contributed by atoms with Crippen LogP contribution in [0.1, 0.15) is 40.0 Å². The monoisotopic (exact) mass is 198 g/mol. The zero-order valence-electron chi connectivity index (χ0n) is 9.58. The van der Waals surface area contributed by atoms with Gasteiger partial charge >= 0.3 is 0 Å². The molecule has 0 aromatic heterocycles. The summed E-state index contributed by atoms with van der Waals surface area (Å²) >= 11 is 0. The Bertz CT molecular complexity index is 163. The molecule has 0 fully saturated rings. The average Bonchev–Trinajstić information content (AvgIpc) is 2.18. The molecule has 14 heavy (non-hydrogen) atoms. The number of hydrogen-bond acceptors (Lipinski definition) is 2. The Morgan fingerprint density at radius 1 is 1.21 bits per heavy atom. The third kappa shape index (κ3) is 8.06. The van der Waals surface area contributed by atoms with Gasteiger partial charge in [0.2, 0.25) is 0 Å². The van der Waals surface area contributed by atoms with Gasteiger partial charge in [0, 0.05) is 13.2 Å². The molecule has 0 aromatic carbocycles. The summed E-state index contributed by atoms with van der Waals surface area (Å²) in [6, 6.07) is 0. The van der Waals surface area contributed by atoms with Gasteiger partial charge < -0.3 is 9.47 Å². The molecule has 0 saturated carbocycles. The summed E-state index contributed by atoms with van der Waals surface area (Å²) in [5.41, 5.74) is 3.05. The molecule has 0 amide bonds. The van der Waals surface area contributed by atoms with Crippen molar-refractivity contribution in [2.45, 2.75) is 46.3 Å². The van der Waals surface area contributed by atoms with Gasteiger partial charge in [0.25, 0.3) is 0 Å². The summed E-state index contributed by atoms with van der Waals surface area (Å²) in [6.07, 6.45) is 7.04. The van der Waals surface area contributed by atoms with Gasteiger partial charge in [-0.1, -0.05) is 0 Å². The highest BCUT2D eigenvalue weighted by molar-refractivity contribution is 4.81. The molecule has 0 heterocycles. The van der Waals surface area contributed by atoms with E-state index < -0.39 is 0 Å². The van der Waals surface area contributed by atoms with E-state index in [1.165, 1.54) is 0 Å². The van der Waals surface area contributed by atoms with Crippen molar-refractivity contribution in [2.75, 3.05) is 13.2 Å². The first-order chi connectivity index (χ1) is 6.85. The second kappa shape index (κ2) is 10.5. The van der Waals surface area contributed by atoms with E-state index in [2.05, 4.69) is 11.8 Å². The molecule has 0 aliphatic rings. The standard InChI is InChI=1S/C12H22O2/c1-4-7-8-9-10-11-12(13-5-2)14-6-3/h4,8,12H,5-6,9-11H2,1-3H3. The molecule has 0 bridgehead atoms. The van der Waals surface area contributed by atoms with Crippen LogP contribution in [0, 0.1) is 0 Å². The largest absolute Gasteiger partial charge is 0.353 e. The van der Waals surface area contributed by atoms with Crippen molar-refractivity contribution in [3.8, 4) is 0 Å². The van der Waals surface area contributed by atoms with Crippen LogP contribution < -0.4 is 0 Å². The van der Waals surface area contributed by atoms with Crippen LogP contribution in [-0.2, 0) is 9.47 Å². The molecule has 0 aliphatic carbocycles. The van der Waals surface area contributed by atoms with Crippen molar-refractivity contribution in [3.05, 3.63) is 17.9 Å². The Morgan fingerprint density at radius 3 is 2.36 bits per heavy atom. The number of rotatable bonds is 8. The molecular weight excluding hydrogens is 176 g/mol. The van der Waals surface area contributed by atoms with Gasteiger partial charge in [-0.05, 0) is 52.2 Å². The molecule has 0 radical (unpaired) electrons. The van der Waals surface area contributed by atoms with Crippen molar-refractivity contribution < 1.29 is 9.47 Å². The highest BCUT2D eigenvalue weighted by atomic mass is 16.7. The van der Waals surface area contributed by atoms with Crippen LogP contribution in [0.4, 0.5) is 0 Å². The highest BCUT2D eigenvalue weighted by Crippen LogP contribution is 2.06. The molecule has 2 nitrogen and oxygen atoms in total. The van der Waals surface area contributed by atoms with Gasteiger partial charge in [0.1, 0.15) is 0 Å². The van der Waals surface area contributed by atoms with Gasteiger partial charge in [-0.25, -0.2) is 0 Å². The molecule has 0 rings (SSSR count). The lowest BCUT2D eigenvalue weighted by atomic mass is 10.2. The Morgan fingerprint density at radius 2 is 1.86 bits per heavy atom. The van der Waals surface area contributed by atoms with E-state index in [1.807, 2.05) is 26.8 Å². The summed E-state index contributed by atoms with van der Waals surface area (Å²) in [6.45, 7) is 7.39. The first-order valence-corrected chi connectivity index (χ1v) is 5.43. The van der Waals surface area contributed by atoms with Crippen molar-refractivity contribution in [1.82, 2.24) is 0 Å². The van der Waals surface area contributed by atoms with E-state index in [9.17, 15) is 0 Å². The Balaban J connectivity index is 3.54. The Kier molecular flexibility index (Phi) is 10.1. The molecule has 0 unspecified atom stereocenters. The summed E-state index contributed by atoms with van der Waals surface area (Å²) in [7, 11) is 0. The fourth-order valence-corrected chi connectivity index (χ4v) is 1.17. The first kappa shape index (κ1) is 13.4. The maximum absolute atomic E-state index is 5.42. The zero-order valence-corrected chi connectivity index (χ0v) is 9.58. The van der Waals surface area contributed by atoms with Crippen LogP contribution in [0.2, 0.25) is 0 Å². The summed E-state index contributed by atoms with van der Waals surface area (Å²) in [5, 5.41) is 0. The maximum atomic E-state index is 5.42. The molecule has 0 aromatic rings. The normalized spacial score (nSPS) is 10.0. The fraction of sp³-hybridized carbons (Fsp3) is 0.750. The molecule has 0 spiro atoms. The highest BCUT2D eigenvalue weighted by Gasteiger charge is 2.05. The number of allylic oxidation sites excluding steroid dienone is 1. The molecular formula is C12H22O2. The van der Waals surface area contributed by atoms with E-state index in [-0.39, 0.29) is 6.29 Å². The predicted octanol–water partition coefficient (Wildman–Crippen LogP) is 3.29. The van der Waals surface area contributed by atoms with E-state index >= 15 is 0 Å². The van der Waals surface area contributed by atoms with Crippen molar-refractivity contribution in [2.24, 2.45) is 0 Å². The maximum Gasteiger partial charge on any atom is 0.157 e. The van der Waals surface area contributed by atoms with E-state index in [4.69, 9.17) is 9.47 Å². The SMILES string of the molecule is CC=C=CCCCC(OCC)OCC. The van der Waals surface area contributed by atoms with E-state index in [1.54, 1.807) is 0 Å². The molecule has 82 valence electrons. The van der Waals surface area contributed by atoms with Crippen LogP contribution in [0.15, 0.2) is 17.9 Å². The lowest BCUT2D eigenvalue weighted by Gasteiger charge is -2.15. The van der Waals surface area contributed by atoms with Crippen LogP contribution in [0.3, 0.4) is 0 Å². The van der Waals surface area contributed by atoms with Crippen LogP contribution >= 0.6 is 0 Å². The van der Waals surface area contributed by atoms with Crippen LogP contribution in [-0.4, -0.2) is 19.5 Å². The minimum atomic E-state index is -0.0241. The number of hydrogen-bond donors (Lipinski definition) is 0. The Hall–Kier alpha value is -0.560. The predicted molar refractivity (Wildman–Crippen MR) is 59.2 cm³/mol. The van der Waals surface area contributed by atoms with E-state index in [0.29, 0.717) is 0 Å². The minimum absolute atomic E-state index is 0.0241. The average molecular weight is 198 g/mol. The van der Waals surface area contributed by atoms with Gasteiger partial charge in [0.15, 0.2) is 6.29 Å². The smallest absolute Gasteiger partial charge is 0.157 e. The Labute approximate surface area is 87.6 Å². The molecule has 0 aliphatic heterocycles. The number of unbranched alkanes of at least 4 members (excludes halogenated alkanes) is 1. The minimum Gasteiger partial charge on any atom is -0.353 e. The molecule has 0 atom stereocenters. The lowest BCUT2D eigenvalue weighted by molar-refractivity contribution is -0.139. The second-order valence-corrected chi connectivity index (χ2v) is 2.93. The first-order valence-electron chi connectivity index (χ1n) is 5.43. The summed E-state index contributed by atoms with van der Waals surface area (Å²) in [4.78, 5) is 0. The van der Waals surface area contributed by atoms with Gasteiger partial charge in [0.05, 0.1) is 0 Å². The van der Waals surface area contributed by atoms with Crippen molar-refractivity contribution in [1.29, 1.82) is 0 Å². The number of ether oxygens (including phenoxy) is 2. The molecule has 2 heteroatoms. The third-order valence-electron chi connectivity index (χ3n) is 1.78. The van der Waals surface area contributed by atoms with Gasteiger partial charge in [-0.15, -0.1) is 5.73 Å². The third-order valence-corrected chi connectivity index (χ3v) is 1.78. The van der Waals surface area contributed by atoms with Crippen molar-refractivity contribution in [3.63, 3.8) is 0 Å². The summed E-state index contributed by atoms with van der Waals surface area (Å²) in [5.74, 6) is 0. The lowest BCUT2D eigenvalue weighted by Crippen LogP contribution is -2.16. The van der Waals surface area contributed by atoms with Gasteiger partial charge in [-0.3, -0.25) is 0 Å². The molecule has 0 N–H and O–H groups in total. The van der Waals surface area contributed by atoms with Gasteiger partial charge in [-0.2, -0.15) is 0 Å². The molecule has 0 saturated heterocycles. The fourth-order valence-electron chi connectivity index (χ4n) is 1.17. The van der Waals surface area contributed by atoms with E-state index in [0.717, 1.165) is 32.5 Å². The van der Waals surface area contributed by atoms with Crippen LogP contribution in [0.25, 0.3) is 0 Å². The quantitative estimate of drug-likeness (QED) is 0.338. The van der Waals surface area contributed by atoms with Crippen LogP contribution in [0.5, 0.6) is 0 Å². The second-order valence-electron chi connectivity index (χ2n) is 2.93. The topological polar surface area (TPSA) is 18.5 Å².